The van der Waals surface area contributed by atoms with E-state index < -0.39 is 11.8 Å². The number of anilines is 5. The van der Waals surface area contributed by atoms with Crippen molar-refractivity contribution in [1.29, 1.82) is 10.5 Å². The molecule has 4 aromatic carbocycles. The first-order valence-electron chi connectivity index (χ1n) is 11.3. The summed E-state index contributed by atoms with van der Waals surface area (Å²) in [5.74, 6) is -0.251. The highest BCUT2D eigenvalue weighted by molar-refractivity contribution is 6.35. The van der Waals surface area contributed by atoms with Crippen LogP contribution in [-0.4, -0.2) is 18.9 Å². The minimum atomic E-state index is -0.432. The summed E-state index contributed by atoms with van der Waals surface area (Å²) < 4.78 is 5.18. The predicted molar refractivity (Wildman–Crippen MR) is 139 cm³/mol. The molecule has 2 N–H and O–H groups in total. The van der Waals surface area contributed by atoms with Crippen molar-refractivity contribution in [1.82, 2.24) is 0 Å². The Labute approximate surface area is 213 Å². The molecule has 1 aliphatic heterocycles. The molecule has 37 heavy (non-hydrogen) atoms. The first kappa shape index (κ1) is 23.2. The van der Waals surface area contributed by atoms with Gasteiger partial charge in [0.05, 0.1) is 58.6 Å². The van der Waals surface area contributed by atoms with Crippen LogP contribution in [0.15, 0.2) is 84.9 Å². The molecule has 0 spiro atoms. The quantitative estimate of drug-likeness (QED) is 0.335. The number of benzene rings is 4. The Morgan fingerprint density at radius 1 is 0.676 bits per heavy atom. The topological polar surface area (TPSA) is 118 Å². The fraction of sp³-hybridized carbons (Fsp3) is 0.0345. The van der Waals surface area contributed by atoms with E-state index in [2.05, 4.69) is 22.8 Å². The van der Waals surface area contributed by atoms with Crippen LogP contribution in [0.1, 0.15) is 31.8 Å². The summed E-state index contributed by atoms with van der Waals surface area (Å²) in [6, 6.07) is 27.9. The summed E-state index contributed by atoms with van der Waals surface area (Å²) in [4.78, 5) is 27.8. The molecule has 0 bridgehead atoms. The van der Waals surface area contributed by atoms with E-state index in [-0.39, 0.29) is 11.1 Å². The smallest absolute Gasteiger partial charge is 0.266 e. The van der Waals surface area contributed by atoms with E-state index in [9.17, 15) is 9.59 Å². The first-order chi connectivity index (χ1) is 18.0. The summed E-state index contributed by atoms with van der Waals surface area (Å²) >= 11 is 0. The molecule has 0 atom stereocenters. The zero-order chi connectivity index (χ0) is 25.9. The van der Waals surface area contributed by atoms with E-state index in [0.717, 1.165) is 4.90 Å². The van der Waals surface area contributed by atoms with Gasteiger partial charge < -0.3 is 15.4 Å². The number of methoxy groups -OCH3 is 1. The fourth-order valence-corrected chi connectivity index (χ4v) is 4.03. The average molecular weight is 486 g/mol. The third-order valence-corrected chi connectivity index (χ3v) is 5.94. The molecule has 8 nitrogen and oxygen atoms in total. The van der Waals surface area contributed by atoms with Crippen LogP contribution in [0.25, 0.3) is 0 Å². The molecule has 1 heterocycles. The van der Waals surface area contributed by atoms with Gasteiger partial charge in [0.25, 0.3) is 11.8 Å². The standard InChI is InChI=1S/C29H19N5O3/c1-37-23-12-10-22(11-13-23)34-28(35)24-14-26(32-20-6-2-18(16-30)3-7-20)27(15-25(24)29(34)36)33-21-8-4-19(17-31)5-9-21/h2-15,32-33H,1H3. The fourth-order valence-electron chi connectivity index (χ4n) is 4.03. The lowest BCUT2D eigenvalue weighted by molar-refractivity contribution is 0.0926. The number of fused-ring (bicyclic) bond motifs is 1. The number of nitriles is 2. The molecule has 0 unspecified atom stereocenters. The molecule has 4 aromatic rings. The average Bonchev–Trinajstić information content (AvgIpc) is 3.18. The molecular weight excluding hydrogens is 466 g/mol. The highest BCUT2D eigenvalue weighted by Gasteiger charge is 2.37. The zero-order valence-electron chi connectivity index (χ0n) is 19.6. The summed E-state index contributed by atoms with van der Waals surface area (Å²) in [6.07, 6.45) is 0. The lowest BCUT2D eigenvalue weighted by Crippen LogP contribution is -2.29. The van der Waals surface area contributed by atoms with Crippen LogP contribution in [0.4, 0.5) is 28.4 Å². The molecule has 0 aliphatic carbocycles. The maximum Gasteiger partial charge on any atom is 0.266 e. The zero-order valence-corrected chi connectivity index (χ0v) is 19.6. The number of ether oxygens (including phenoxy) is 1. The second-order valence-corrected chi connectivity index (χ2v) is 8.22. The number of carbonyl (C=O) groups excluding carboxylic acids is 2. The van der Waals surface area contributed by atoms with Crippen LogP contribution in [0.3, 0.4) is 0 Å². The van der Waals surface area contributed by atoms with Gasteiger partial charge in [-0.1, -0.05) is 0 Å². The monoisotopic (exact) mass is 485 g/mol. The summed E-state index contributed by atoms with van der Waals surface area (Å²) in [5, 5.41) is 24.7. The van der Waals surface area contributed by atoms with Gasteiger partial charge in [-0.05, 0) is 84.9 Å². The highest BCUT2D eigenvalue weighted by Crippen LogP contribution is 2.37. The number of amides is 2. The van der Waals surface area contributed by atoms with E-state index in [4.69, 9.17) is 15.3 Å². The van der Waals surface area contributed by atoms with Gasteiger partial charge in [-0.2, -0.15) is 10.5 Å². The van der Waals surface area contributed by atoms with Crippen molar-refractivity contribution in [3.05, 3.63) is 107 Å². The van der Waals surface area contributed by atoms with E-state index in [1.807, 2.05) is 0 Å². The number of hydrogen-bond acceptors (Lipinski definition) is 7. The van der Waals surface area contributed by atoms with Crippen LogP contribution in [0.2, 0.25) is 0 Å². The Kier molecular flexibility index (Phi) is 5.99. The number of nitrogens with one attached hydrogen (secondary N) is 2. The van der Waals surface area contributed by atoms with E-state index >= 15 is 0 Å². The molecule has 8 heteroatoms. The van der Waals surface area contributed by atoms with Crippen molar-refractivity contribution >= 4 is 40.3 Å². The molecule has 5 rings (SSSR count). The highest BCUT2D eigenvalue weighted by atomic mass is 16.5. The van der Waals surface area contributed by atoms with E-state index in [1.165, 1.54) is 0 Å². The van der Waals surface area contributed by atoms with Gasteiger partial charge in [0, 0.05) is 11.4 Å². The molecule has 0 saturated heterocycles. The maximum absolute atomic E-state index is 13.3. The minimum Gasteiger partial charge on any atom is -0.497 e. The SMILES string of the molecule is COc1ccc(N2C(=O)c3cc(Nc4ccc(C#N)cc4)c(Nc4ccc(C#N)cc4)cc3C2=O)cc1. The second-order valence-electron chi connectivity index (χ2n) is 8.22. The van der Waals surface area contributed by atoms with E-state index in [1.54, 1.807) is 92.0 Å². The van der Waals surface area contributed by atoms with Crippen molar-refractivity contribution in [2.45, 2.75) is 0 Å². The van der Waals surface area contributed by atoms with Crippen molar-refractivity contribution in [2.24, 2.45) is 0 Å². The van der Waals surface area contributed by atoms with Gasteiger partial charge >= 0.3 is 0 Å². The van der Waals surface area contributed by atoms with Gasteiger partial charge in [-0.15, -0.1) is 0 Å². The van der Waals surface area contributed by atoms with Crippen molar-refractivity contribution in [3.63, 3.8) is 0 Å². The van der Waals surface area contributed by atoms with Crippen LogP contribution in [-0.2, 0) is 0 Å². The molecule has 0 radical (unpaired) electrons. The predicted octanol–water partition coefficient (Wildman–Crippen LogP) is 5.73. The first-order valence-corrected chi connectivity index (χ1v) is 11.3. The molecule has 2 amide bonds. The summed E-state index contributed by atoms with van der Waals surface area (Å²) in [6.45, 7) is 0. The number of nitrogens with zero attached hydrogens (tertiary/aromatic N) is 3. The second kappa shape index (κ2) is 9.57. The van der Waals surface area contributed by atoms with Crippen molar-refractivity contribution in [3.8, 4) is 17.9 Å². The van der Waals surface area contributed by atoms with Gasteiger partial charge in [0.1, 0.15) is 5.75 Å². The molecule has 0 saturated carbocycles. The normalized spacial score (nSPS) is 11.9. The number of hydrogen-bond donors (Lipinski definition) is 2. The van der Waals surface area contributed by atoms with Crippen LogP contribution in [0, 0.1) is 22.7 Å². The summed E-state index contributed by atoms with van der Waals surface area (Å²) in [5.41, 5.74) is 4.53. The Bertz CT molecular complexity index is 1500. The summed E-state index contributed by atoms with van der Waals surface area (Å²) in [7, 11) is 1.54. The number of carbonyl (C=O) groups is 2. The molecule has 0 aromatic heterocycles. The van der Waals surface area contributed by atoms with Gasteiger partial charge in [-0.3, -0.25) is 9.59 Å². The Hall–Kier alpha value is -5.60. The maximum atomic E-state index is 13.3. The Morgan fingerprint density at radius 3 is 1.49 bits per heavy atom. The lowest BCUT2D eigenvalue weighted by Gasteiger charge is -2.15. The van der Waals surface area contributed by atoms with Crippen LogP contribution >= 0.6 is 0 Å². The lowest BCUT2D eigenvalue weighted by atomic mass is 10.1. The largest absolute Gasteiger partial charge is 0.497 e. The Balaban J connectivity index is 1.55. The molecular formula is C29H19N5O3. The van der Waals surface area contributed by atoms with Crippen LogP contribution < -0.4 is 20.3 Å². The molecule has 0 fully saturated rings. The van der Waals surface area contributed by atoms with Crippen LogP contribution in [0.5, 0.6) is 5.75 Å². The van der Waals surface area contributed by atoms with E-state index in [0.29, 0.717) is 45.3 Å². The van der Waals surface area contributed by atoms with Gasteiger partial charge in [0.15, 0.2) is 0 Å². The van der Waals surface area contributed by atoms with Gasteiger partial charge in [0.2, 0.25) is 0 Å². The molecule has 178 valence electrons. The minimum absolute atomic E-state index is 0.266. The van der Waals surface area contributed by atoms with Crippen molar-refractivity contribution < 1.29 is 14.3 Å². The van der Waals surface area contributed by atoms with Crippen molar-refractivity contribution in [2.75, 3.05) is 22.6 Å². The number of rotatable bonds is 6. The van der Waals surface area contributed by atoms with Gasteiger partial charge in [-0.25, -0.2) is 4.90 Å². The Morgan fingerprint density at radius 2 is 1.11 bits per heavy atom. The molecule has 1 aliphatic rings. The third-order valence-electron chi connectivity index (χ3n) is 5.94. The third kappa shape index (κ3) is 4.43. The number of imide groups is 1.